The van der Waals surface area contributed by atoms with Gasteiger partial charge in [-0.05, 0) is 79.4 Å². The molecular weight excluding hydrogens is 707 g/mol. The van der Waals surface area contributed by atoms with Crippen molar-refractivity contribution >= 4 is 41.0 Å². The fraction of sp³-hybridized carbons (Fsp3) is 0.324. The van der Waals surface area contributed by atoms with Gasteiger partial charge in [-0.2, -0.15) is 0 Å². The van der Waals surface area contributed by atoms with Crippen molar-refractivity contribution in [3.63, 3.8) is 0 Å². The molecule has 3 aliphatic rings. The zero-order valence-electron chi connectivity index (χ0n) is 27.9. The number of nitrogens with one attached hydrogen (secondary N) is 1. The molecule has 3 aromatic carbocycles. The number of benzene rings is 3. The third kappa shape index (κ3) is 8.53. The van der Waals surface area contributed by atoms with Crippen molar-refractivity contribution < 1.29 is 47.8 Å². The third-order valence-electron chi connectivity index (χ3n) is 9.21. The smallest absolute Gasteiger partial charge is 0.415 e. The fourth-order valence-corrected chi connectivity index (χ4v) is 7.03. The van der Waals surface area contributed by atoms with Crippen LogP contribution in [0.5, 0.6) is 11.5 Å². The van der Waals surface area contributed by atoms with Crippen LogP contribution in [0.3, 0.4) is 0 Å². The Labute approximate surface area is 304 Å². The van der Waals surface area contributed by atoms with Gasteiger partial charge in [0.05, 0.1) is 32.0 Å². The molecule has 7 rings (SSSR count). The SMILES string of the molecule is COc1ccc([C@H](Cc2c(Cl)c[nH+]cc2Cl)OC(=O)c2cccc(CN(C(=O)O[C@H]3CN4CCC3CC4)c3cccc(F)c3F)c2)cc1OC.[OH-]. The van der Waals surface area contributed by atoms with E-state index in [4.69, 9.17) is 42.1 Å². The number of carbonyl (C=O) groups is 2. The minimum absolute atomic E-state index is 0. The van der Waals surface area contributed by atoms with E-state index in [1.165, 1.54) is 32.4 Å². The van der Waals surface area contributed by atoms with Crippen molar-refractivity contribution in [3.05, 3.63) is 117 Å². The number of aromatic amines is 1. The summed E-state index contributed by atoms with van der Waals surface area (Å²) < 4.78 is 52.4. The number of ether oxygens (including phenoxy) is 4. The molecule has 0 saturated carbocycles. The molecule has 2 N–H and O–H groups in total. The molecule has 4 aromatic rings. The highest BCUT2D eigenvalue weighted by Gasteiger charge is 2.38. The van der Waals surface area contributed by atoms with E-state index in [1.54, 1.807) is 48.8 Å². The van der Waals surface area contributed by atoms with Crippen molar-refractivity contribution in [2.75, 3.05) is 38.8 Å². The van der Waals surface area contributed by atoms with Crippen LogP contribution in [0.1, 0.15) is 46.0 Å². The van der Waals surface area contributed by atoms with Crippen LogP contribution >= 0.6 is 23.2 Å². The van der Waals surface area contributed by atoms with Crippen LogP contribution in [0, 0.1) is 17.6 Å². The molecule has 1 aromatic heterocycles. The summed E-state index contributed by atoms with van der Waals surface area (Å²) >= 11 is 12.9. The summed E-state index contributed by atoms with van der Waals surface area (Å²) in [6, 6.07) is 15.2. The van der Waals surface area contributed by atoms with Gasteiger partial charge in [-0.3, -0.25) is 9.80 Å². The molecule has 2 atom stereocenters. The van der Waals surface area contributed by atoms with E-state index in [1.807, 2.05) is 0 Å². The van der Waals surface area contributed by atoms with Gasteiger partial charge in [0.25, 0.3) is 0 Å². The highest BCUT2D eigenvalue weighted by Crippen LogP contribution is 2.36. The third-order valence-corrected chi connectivity index (χ3v) is 9.88. The van der Waals surface area contributed by atoms with Gasteiger partial charge in [0.2, 0.25) is 0 Å². The maximum atomic E-state index is 15.1. The molecule has 2 bridgehead atoms. The molecule has 3 aliphatic heterocycles. The fourth-order valence-electron chi connectivity index (χ4n) is 6.50. The Hall–Kier alpha value is -4.49. The molecule has 0 radical (unpaired) electrons. The number of piperidine rings is 3. The van der Waals surface area contributed by atoms with Crippen LogP contribution in [0.2, 0.25) is 10.0 Å². The zero-order chi connectivity index (χ0) is 35.4. The largest absolute Gasteiger partial charge is 0.870 e. The quantitative estimate of drug-likeness (QED) is 0.147. The van der Waals surface area contributed by atoms with Gasteiger partial charge in [-0.25, -0.2) is 23.4 Å². The molecule has 14 heteroatoms. The predicted molar refractivity (Wildman–Crippen MR) is 185 cm³/mol. The number of hydrogen-bond acceptors (Lipinski definition) is 8. The van der Waals surface area contributed by atoms with E-state index in [9.17, 15) is 14.0 Å². The Kier molecular flexibility index (Phi) is 12.4. The van der Waals surface area contributed by atoms with Gasteiger partial charge in [0, 0.05) is 18.5 Å². The average Bonchev–Trinajstić information content (AvgIpc) is 3.13. The summed E-state index contributed by atoms with van der Waals surface area (Å²) in [7, 11) is 3.02. The van der Waals surface area contributed by atoms with Crippen LogP contribution in [-0.4, -0.2) is 62.4 Å². The lowest BCUT2D eigenvalue weighted by Gasteiger charge is -2.44. The van der Waals surface area contributed by atoms with Crippen LogP contribution in [0.4, 0.5) is 19.3 Å². The van der Waals surface area contributed by atoms with Crippen molar-refractivity contribution in [3.8, 4) is 11.5 Å². The standard InChI is InChI=1S/C37H35Cl2F2N3O6.H2O/c1-47-31-10-9-24(16-33(31)48-2)32(17-26-27(38)18-42-19-28(26)39)49-36(45)25-6-3-5-22(15-25)20-44(30-8-4-7-29(40)35(30)41)37(46)50-34-21-43-13-11-23(34)12-14-43;/h3-10,15-16,18-19,23,32,34H,11-14,17,20-21H2,1-2H3;1H2/t32-,34-;/m0./s1. The first-order valence-corrected chi connectivity index (χ1v) is 16.9. The predicted octanol–water partition coefficient (Wildman–Crippen LogP) is 7.30. The minimum Gasteiger partial charge on any atom is -0.870 e. The van der Waals surface area contributed by atoms with Gasteiger partial charge in [-0.1, -0.05) is 47.5 Å². The number of aromatic nitrogens is 1. The first-order chi connectivity index (χ1) is 24.1. The van der Waals surface area contributed by atoms with Gasteiger partial charge < -0.3 is 24.4 Å². The number of carbonyl (C=O) groups excluding carboxylic acids is 2. The number of pyridine rings is 1. The monoisotopic (exact) mass is 743 g/mol. The lowest BCUT2D eigenvalue weighted by molar-refractivity contribution is -0.377. The normalized spacial score (nSPS) is 18.3. The number of anilines is 1. The number of methoxy groups -OCH3 is 2. The summed E-state index contributed by atoms with van der Waals surface area (Å²) in [5.41, 5.74) is 1.50. The van der Waals surface area contributed by atoms with E-state index in [2.05, 4.69) is 9.88 Å². The van der Waals surface area contributed by atoms with Gasteiger partial charge >= 0.3 is 12.1 Å². The maximum Gasteiger partial charge on any atom is 0.415 e. The van der Waals surface area contributed by atoms with Crippen LogP contribution in [-0.2, 0) is 22.4 Å². The topological polar surface area (TPSA) is 122 Å². The number of fused-ring (bicyclic) bond motifs is 3. The summed E-state index contributed by atoms with van der Waals surface area (Å²) in [5.74, 6) is -1.83. The van der Waals surface area contributed by atoms with Crippen molar-refractivity contribution in [2.45, 2.75) is 38.0 Å². The molecule has 270 valence electrons. The van der Waals surface area contributed by atoms with Crippen LogP contribution in [0.15, 0.2) is 73.1 Å². The van der Waals surface area contributed by atoms with E-state index in [0.717, 1.165) is 36.9 Å². The molecule has 0 spiro atoms. The maximum absolute atomic E-state index is 15.1. The summed E-state index contributed by atoms with van der Waals surface area (Å²) in [5, 5.41) is 0.714. The molecule has 3 fully saturated rings. The molecular formula is C37H37Cl2F2N3O7. The van der Waals surface area contributed by atoms with Gasteiger partial charge in [-0.15, -0.1) is 0 Å². The van der Waals surface area contributed by atoms with Crippen LogP contribution < -0.4 is 19.4 Å². The van der Waals surface area contributed by atoms with E-state index < -0.39 is 29.8 Å². The number of amides is 1. The van der Waals surface area contributed by atoms with Gasteiger partial charge in [0.15, 0.2) is 35.5 Å². The van der Waals surface area contributed by atoms with Gasteiger partial charge in [0.1, 0.15) is 22.3 Å². The van der Waals surface area contributed by atoms with E-state index >= 15 is 4.39 Å². The Balaban J connectivity index is 0.00000504. The number of rotatable bonds is 11. The van der Waals surface area contributed by atoms with Crippen molar-refractivity contribution in [1.29, 1.82) is 0 Å². The number of esters is 1. The lowest BCUT2D eigenvalue weighted by atomic mass is 9.86. The zero-order valence-corrected chi connectivity index (χ0v) is 29.4. The Morgan fingerprint density at radius 1 is 0.961 bits per heavy atom. The molecule has 4 heterocycles. The first kappa shape index (κ1) is 37.8. The molecule has 10 nitrogen and oxygen atoms in total. The molecule has 51 heavy (non-hydrogen) atoms. The highest BCUT2D eigenvalue weighted by atomic mass is 35.5. The first-order valence-electron chi connectivity index (χ1n) is 16.2. The second-order valence-corrected chi connectivity index (χ2v) is 13.1. The molecule has 1 amide bonds. The van der Waals surface area contributed by atoms with E-state index in [-0.39, 0.29) is 41.7 Å². The molecule has 0 unspecified atom stereocenters. The molecule has 0 aliphatic carbocycles. The van der Waals surface area contributed by atoms with E-state index in [0.29, 0.717) is 44.8 Å². The number of nitrogens with zero attached hydrogens (tertiary/aromatic N) is 2. The number of hydrogen-bond donors (Lipinski definition) is 0. The minimum atomic E-state index is -1.18. The lowest BCUT2D eigenvalue weighted by Crippen LogP contribution is -2.53. The van der Waals surface area contributed by atoms with Crippen molar-refractivity contribution in [2.24, 2.45) is 5.92 Å². The number of halogens is 4. The average molecular weight is 745 g/mol. The summed E-state index contributed by atoms with van der Waals surface area (Å²) in [6.07, 6.45) is 3.07. The highest BCUT2D eigenvalue weighted by molar-refractivity contribution is 6.35. The van der Waals surface area contributed by atoms with Crippen LogP contribution in [0.25, 0.3) is 0 Å². The molecule has 3 saturated heterocycles. The second-order valence-electron chi connectivity index (χ2n) is 12.3. The summed E-state index contributed by atoms with van der Waals surface area (Å²) in [4.78, 5) is 33.6. The Bertz CT molecular complexity index is 1860. The Morgan fingerprint density at radius 3 is 2.33 bits per heavy atom. The second kappa shape index (κ2) is 16.7. The van der Waals surface area contributed by atoms with Crippen molar-refractivity contribution in [1.82, 2.24) is 4.90 Å². The summed E-state index contributed by atoms with van der Waals surface area (Å²) in [6.45, 7) is 2.28. The Morgan fingerprint density at radius 2 is 1.67 bits per heavy atom. The number of H-pyrrole nitrogens is 1.